The molecule has 1 fully saturated rings. The van der Waals surface area contributed by atoms with E-state index in [1.807, 2.05) is 6.92 Å². The number of methoxy groups -OCH3 is 1. The van der Waals surface area contributed by atoms with Crippen LogP contribution in [-0.2, 0) is 4.74 Å². The molecule has 0 saturated carbocycles. The fraction of sp³-hybridized carbons (Fsp3) is 0.538. The molecule has 104 valence electrons. The number of likely N-dealkylation sites (tertiary alicyclic amines) is 1. The van der Waals surface area contributed by atoms with Crippen molar-refractivity contribution in [1.29, 1.82) is 0 Å². The number of halogens is 1. The maximum Gasteiger partial charge on any atom is 0.257 e. The number of nitrogen functional groups attached to an aromatic ring is 1. The average molecular weight is 328 g/mol. The molecule has 0 spiro atoms. The number of nitrogens with zero attached hydrogens (tertiary/aromatic N) is 2. The molecule has 0 aromatic carbocycles. The zero-order valence-corrected chi connectivity index (χ0v) is 12.7. The van der Waals surface area contributed by atoms with Crippen molar-refractivity contribution < 1.29 is 9.53 Å². The number of anilines is 1. The highest BCUT2D eigenvalue weighted by Gasteiger charge is 2.33. The minimum atomic E-state index is -0.276. The molecule has 19 heavy (non-hydrogen) atoms. The van der Waals surface area contributed by atoms with E-state index in [0.29, 0.717) is 12.1 Å². The van der Waals surface area contributed by atoms with E-state index < -0.39 is 0 Å². The molecule has 5 nitrogen and oxygen atoms in total. The molecule has 0 aliphatic carbocycles. The van der Waals surface area contributed by atoms with Gasteiger partial charge in [-0.1, -0.05) is 0 Å². The lowest BCUT2D eigenvalue weighted by Gasteiger charge is -2.39. The largest absolute Gasteiger partial charge is 0.383 e. The van der Waals surface area contributed by atoms with Crippen LogP contribution in [0.4, 0.5) is 5.82 Å². The van der Waals surface area contributed by atoms with Crippen molar-refractivity contribution in [2.24, 2.45) is 0 Å². The summed E-state index contributed by atoms with van der Waals surface area (Å²) in [6.45, 7) is 3.33. The number of carbonyl (C=O) groups excluding carboxylic acids is 1. The third-order valence-electron chi connectivity index (χ3n) is 3.55. The molecule has 1 saturated heterocycles. The Morgan fingerprint density at radius 1 is 1.63 bits per heavy atom. The first-order chi connectivity index (χ1) is 8.95. The van der Waals surface area contributed by atoms with Crippen molar-refractivity contribution in [2.75, 3.05) is 25.9 Å². The highest BCUT2D eigenvalue weighted by molar-refractivity contribution is 9.10. The molecular formula is C13H18BrN3O2. The van der Waals surface area contributed by atoms with Crippen molar-refractivity contribution in [3.8, 4) is 0 Å². The highest BCUT2D eigenvalue weighted by atomic mass is 79.9. The molecule has 2 rings (SSSR count). The van der Waals surface area contributed by atoms with Crippen LogP contribution in [0, 0.1) is 0 Å². The molecule has 1 amide bonds. The minimum absolute atomic E-state index is 0.0886. The minimum Gasteiger partial charge on any atom is -0.383 e. The molecule has 1 unspecified atom stereocenters. The Labute approximate surface area is 121 Å². The average Bonchev–Trinajstić information content (AvgIpc) is 2.41. The maximum absolute atomic E-state index is 12.5. The number of hydrogen-bond donors (Lipinski definition) is 1. The van der Waals surface area contributed by atoms with Crippen LogP contribution in [0.3, 0.4) is 0 Å². The summed E-state index contributed by atoms with van der Waals surface area (Å²) in [4.78, 5) is 18.3. The molecule has 1 aromatic rings. The second-order valence-corrected chi connectivity index (χ2v) is 5.99. The number of carbonyl (C=O) groups is 1. The van der Waals surface area contributed by atoms with Gasteiger partial charge in [0.05, 0.1) is 11.2 Å². The second kappa shape index (κ2) is 5.46. The van der Waals surface area contributed by atoms with E-state index in [4.69, 9.17) is 10.5 Å². The molecule has 1 aliphatic heterocycles. The zero-order valence-electron chi connectivity index (χ0n) is 11.1. The Morgan fingerprint density at radius 2 is 2.37 bits per heavy atom. The van der Waals surface area contributed by atoms with E-state index in [2.05, 4.69) is 20.9 Å². The lowest BCUT2D eigenvalue weighted by atomic mass is 9.94. The monoisotopic (exact) mass is 327 g/mol. The van der Waals surface area contributed by atoms with Crippen LogP contribution in [-0.4, -0.2) is 41.6 Å². The van der Waals surface area contributed by atoms with E-state index in [0.717, 1.165) is 23.9 Å². The predicted octanol–water partition coefficient (Wildman–Crippen LogP) is 2.07. The van der Waals surface area contributed by atoms with Gasteiger partial charge >= 0.3 is 0 Å². The van der Waals surface area contributed by atoms with Crippen molar-refractivity contribution in [3.63, 3.8) is 0 Å². The molecule has 2 heterocycles. The van der Waals surface area contributed by atoms with Gasteiger partial charge in [-0.05, 0) is 41.8 Å². The van der Waals surface area contributed by atoms with Gasteiger partial charge in [0.1, 0.15) is 5.82 Å². The van der Waals surface area contributed by atoms with Crippen molar-refractivity contribution in [2.45, 2.75) is 25.4 Å². The Morgan fingerprint density at radius 3 is 3.05 bits per heavy atom. The van der Waals surface area contributed by atoms with E-state index in [9.17, 15) is 4.79 Å². The third-order valence-corrected chi connectivity index (χ3v) is 3.99. The first-order valence-electron chi connectivity index (χ1n) is 6.21. The Hall–Kier alpha value is -1.14. The summed E-state index contributed by atoms with van der Waals surface area (Å²) in [5.74, 6) is 0.173. The van der Waals surface area contributed by atoms with Gasteiger partial charge in [0.2, 0.25) is 0 Å². The molecule has 0 bridgehead atoms. The van der Waals surface area contributed by atoms with Crippen LogP contribution in [0.5, 0.6) is 0 Å². The van der Waals surface area contributed by atoms with Crippen molar-refractivity contribution >= 4 is 27.7 Å². The van der Waals surface area contributed by atoms with Gasteiger partial charge in [-0.15, -0.1) is 0 Å². The smallest absolute Gasteiger partial charge is 0.257 e. The second-order valence-electron chi connectivity index (χ2n) is 5.07. The predicted molar refractivity (Wildman–Crippen MR) is 76.9 cm³/mol. The number of rotatable bonds is 2. The quantitative estimate of drug-likeness (QED) is 0.902. The molecule has 2 N–H and O–H groups in total. The van der Waals surface area contributed by atoms with Gasteiger partial charge in [0.25, 0.3) is 5.91 Å². The topological polar surface area (TPSA) is 68.5 Å². The van der Waals surface area contributed by atoms with Gasteiger partial charge < -0.3 is 15.4 Å². The standard InChI is InChI=1S/C13H18BrN3O2/c1-13(19-2)4-3-5-17(8-13)12(18)10-6-9(14)7-16-11(10)15/h6-7H,3-5,8H2,1-2H3,(H2,15,16). The molecule has 0 radical (unpaired) electrons. The first kappa shape index (κ1) is 14.3. The van der Waals surface area contributed by atoms with Gasteiger partial charge in [-0.3, -0.25) is 4.79 Å². The highest BCUT2D eigenvalue weighted by Crippen LogP contribution is 2.26. The summed E-state index contributed by atoms with van der Waals surface area (Å²) in [6, 6.07) is 1.71. The number of hydrogen-bond acceptors (Lipinski definition) is 4. The van der Waals surface area contributed by atoms with E-state index in [-0.39, 0.29) is 17.3 Å². The summed E-state index contributed by atoms with van der Waals surface area (Å²) in [5.41, 5.74) is 5.95. The number of pyridine rings is 1. The Bertz CT molecular complexity index is 495. The number of amides is 1. The van der Waals surface area contributed by atoms with Gasteiger partial charge in [0, 0.05) is 30.9 Å². The molecule has 1 atom stereocenters. The number of ether oxygens (including phenoxy) is 1. The van der Waals surface area contributed by atoms with Crippen LogP contribution in [0.15, 0.2) is 16.7 Å². The molecule has 6 heteroatoms. The van der Waals surface area contributed by atoms with E-state index >= 15 is 0 Å². The fourth-order valence-corrected chi connectivity index (χ4v) is 2.67. The molecule has 1 aliphatic rings. The van der Waals surface area contributed by atoms with E-state index in [1.165, 1.54) is 0 Å². The summed E-state index contributed by atoms with van der Waals surface area (Å²) < 4.78 is 6.25. The zero-order chi connectivity index (χ0) is 14.0. The summed E-state index contributed by atoms with van der Waals surface area (Å²) >= 11 is 3.31. The van der Waals surface area contributed by atoms with Gasteiger partial charge in [-0.2, -0.15) is 0 Å². The first-order valence-corrected chi connectivity index (χ1v) is 7.00. The van der Waals surface area contributed by atoms with Crippen LogP contribution < -0.4 is 5.73 Å². The van der Waals surface area contributed by atoms with Gasteiger partial charge in [0.15, 0.2) is 0 Å². The number of aromatic nitrogens is 1. The summed E-state index contributed by atoms with van der Waals surface area (Å²) in [7, 11) is 1.68. The maximum atomic E-state index is 12.5. The SMILES string of the molecule is COC1(C)CCCN(C(=O)c2cc(Br)cnc2N)C1. The normalized spacial score (nSPS) is 23.4. The fourth-order valence-electron chi connectivity index (χ4n) is 2.34. The van der Waals surface area contributed by atoms with Crippen molar-refractivity contribution in [1.82, 2.24) is 9.88 Å². The third kappa shape index (κ3) is 3.06. The molecule has 1 aromatic heterocycles. The van der Waals surface area contributed by atoms with E-state index in [1.54, 1.807) is 24.3 Å². The number of nitrogens with two attached hydrogens (primary N) is 1. The lowest BCUT2D eigenvalue weighted by Crippen LogP contribution is -2.49. The Kier molecular flexibility index (Phi) is 4.10. The molecular weight excluding hydrogens is 310 g/mol. The summed E-state index contributed by atoms with van der Waals surface area (Å²) in [6.07, 6.45) is 3.47. The summed E-state index contributed by atoms with van der Waals surface area (Å²) in [5, 5.41) is 0. The van der Waals surface area contributed by atoms with Crippen molar-refractivity contribution in [3.05, 3.63) is 22.3 Å². The lowest BCUT2D eigenvalue weighted by molar-refractivity contribution is -0.0440. The van der Waals surface area contributed by atoms with Crippen LogP contribution >= 0.6 is 15.9 Å². The number of piperidine rings is 1. The Balaban J connectivity index is 2.22. The van der Waals surface area contributed by atoms with Crippen LogP contribution in [0.2, 0.25) is 0 Å². The van der Waals surface area contributed by atoms with Crippen LogP contribution in [0.1, 0.15) is 30.1 Å². The van der Waals surface area contributed by atoms with Gasteiger partial charge in [-0.25, -0.2) is 4.98 Å². The van der Waals surface area contributed by atoms with Crippen LogP contribution in [0.25, 0.3) is 0 Å².